The SMILES string of the molecule is COC(=O)CN(c1ccccc1)c1ccccc1F. The van der Waals surface area contributed by atoms with Gasteiger partial charge in [-0.1, -0.05) is 30.3 Å². The Bertz CT molecular complexity index is 557. The summed E-state index contributed by atoms with van der Waals surface area (Å²) in [7, 11) is 1.31. The Morgan fingerprint density at radius 1 is 1.11 bits per heavy atom. The minimum absolute atomic E-state index is 0.0402. The number of hydrogen-bond acceptors (Lipinski definition) is 3. The first-order chi connectivity index (χ1) is 9.22. The van der Waals surface area contributed by atoms with E-state index in [1.54, 1.807) is 23.1 Å². The monoisotopic (exact) mass is 259 g/mol. The van der Waals surface area contributed by atoms with E-state index in [-0.39, 0.29) is 12.4 Å². The van der Waals surface area contributed by atoms with Crippen molar-refractivity contribution >= 4 is 17.3 Å². The molecule has 0 aromatic heterocycles. The number of halogens is 1. The van der Waals surface area contributed by atoms with E-state index in [1.165, 1.54) is 13.2 Å². The van der Waals surface area contributed by atoms with Gasteiger partial charge in [-0.25, -0.2) is 4.39 Å². The quantitative estimate of drug-likeness (QED) is 0.790. The van der Waals surface area contributed by atoms with Gasteiger partial charge in [0.1, 0.15) is 12.4 Å². The van der Waals surface area contributed by atoms with Crippen LogP contribution >= 0.6 is 0 Å². The van der Waals surface area contributed by atoms with Gasteiger partial charge in [-0.15, -0.1) is 0 Å². The fraction of sp³-hybridized carbons (Fsp3) is 0.133. The van der Waals surface area contributed by atoms with Crippen LogP contribution in [-0.2, 0) is 9.53 Å². The van der Waals surface area contributed by atoms with Crippen LogP contribution in [-0.4, -0.2) is 19.6 Å². The second kappa shape index (κ2) is 6.00. The first-order valence-corrected chi connectivity index (χ1v) is 5.86. The van der Waals surface area contributed by atoms with Crippen LogP contribution in [0, 0.1) is 5.82 Å². The Hall–Kier alpha value is -2.36. The van der Waals surface area contributed by atoms with Crippen molar-refractivity contribution in [3.63, 3.8) is 0 Å². The van der Waals surface area contributed by atoms with Gasteiger partial charge in [0.2, 0.25) is 0 Å². The molecule has 0 amide bonds. The zero-order valence-electron chi connectivity index (χ0n) is 10.5. The van der Waals surface area contributed by atoms with Crippen LogP contribution in [0.2, 0.25) is 0 Å². The lowest BCUT2D eigenvalue weighted by molar-refractivity contribution is -0.138. The van der Waals surface area contributed by atoms with Crippen molar-refractivity contribution in [3.05, 3.63) is 60.4 Å². The molecule has 0 unspecified atom stereocenters. The van der Waals surface area contributed by atoms with Gasteiger partial charge >= 0.3 is 5.97 Å². The number of ether oxygens (including phenoxy) is 1. The third-order valence-electron chi connectivity index (χ3n) is 2.73. The van der Waals surface area contributed by atoms with Crippen LogP contribution in [0.4, 0.5) is 15.8 Å². The predicted molar refractivity (Wildman–Crippen MR) is 71.9 cm³/mol. The molecule has 3 nitrogen and oxygen atoms in total. The first kappa shape index (κ1) is 13.1. The molecule has 0 aliphatic carbocycles. The van der Waals surface area contributed by atoms with Crippen molar-refractivity contribution in [2.75, 3.05) is 18.6 Å². The van der Waals surface area contributed by atoms with Crippen LogP contribution < -0.4 is 4.90 Å². The number of esters is 1. The molecule has 0 radical (unpaired) electrons. The number of hydrogen-bond donors (Lipinski definition) is 0. The van der Waals surface area contributed by atoms with Gasteiger partial charge in [0.05, 0.1) is 12.8 Å². The summed E-state index contributed by atoms with van der Waals surface area (Å²) in [6.45, 7) is -0.0402. The van der Waals surface area contributed by atoms with E-state index in [2.05, 4.69) is 4.74 Å². The molecule has 0 atom stereocenters. The van der Waals surface area contributed by atoms with Gasteiger partial charge < -0.3 is 9.64 Å². The van der Waals surface area contributed by atoms with E-state index in [0.29, 0.717) is 5.69 Å². The van der Waals surface area contributed by atoms with Gasteiger partial charge in [-0.3, -0.25) is 4.79 Å². The van der Waals surface area contributed by atoms with Crippen LogP contribution in [0.3, 0.4) is 0 Å². The number of carbonyl (C=O) groups is 1. The van der Waals surface area contributed by atoms with Crippen molar-refractivity contribution in [3.8, 4) is 0 Å². The Morgan fingerprint density at radius 2 is 1.74 bits per heavy atom. The Morgan fingerprint density at radius 3 is 2.37 bits per heavy atom. The number of benzene rings is 2. The summed E-state index contributed by atoms with van der Waals surface area (Å²) in [5.74, 6) is -0.803. The molecular weight excluding hydrogens is 245 g/mol. The van der Waals surface area contributed by atoms with Crippen molar-refractivity contribution < 1.29 is 13.9 Å². The third-order valence-corrected chi connectivity index (χ3v) is 2.73. The van der Waals surface area contributed by atoms with E-state index < -0.39 is 5.97 Å². The van der Waals surface area contributed by atoms with Crippen molar-refractivity contribution in [1.82, 2.24) is 0 Å². The third kappa shape index (κ3) is 3.10. The summed E-state index contributed by atoms with van der Waals surface area (Å²) >= 11 is 0. The molecule has 0 aliphatic rings. The summed E-state index contributed by atoms with van der Waals surface area (Å²) in [5, 5.41) is 0. The largest absolute Gasteiger partial charge is 0.468 e. The predicted octanol–water partition coefficient (Wildman–Crippen LogP) is 3.14. The maximum Gasteiger partial charge on any atom is 0.325 e. The number of rotatable bonds is 4. The molecule has 0 saturated carbocycles. The molecule has 98 valence electrons. The molecule has 0 aliphatic heterocycles. The molecule has 19 heavy (non-hydrogen) atoms. The average molecular weight is 259 g/mol. The lowest BCUT2D eigenvalue weighted by atomic mass is 10.2. The van der Waals surface area contributed by atoms with Crippen LogP contribution in [0.1, 0.15) is 0 Å². The summed E-state index contributed by atoms with van der Waals surface area (Å²) < 4.78 is 18.5. The van der Waals surface area contributed by atoms with E-state index in [9.17, 15) is 9.18 Å². The van der Waals surface area contributed by atoms with E-state index in [0.717, 1.165) is 5.69 Å². The van der Waals surface area contributed by atoms with Gasteiger partial charge in [0.25, 0.3) is 0 Å². The van der Waals surface area contributed by atoms with Crippen molar-refractivity contribution in [2.45, 2.75) is 0 Å². The second-order valence-corrected chi connectivity index (χ2v) is 3.95. The lowest BCUT2D eigenvalue weighted by Gasteiger charge is -2.24. The fourth-order valence-electron chi connectivity index (χ4n) is 1.79. The number of para-hydroxylation sites is 2. The highest BCUT2D eigenvalue weighted by Crippen LogP contribution is 2.27. The van der Waals surface area contributed by atoms with Gasteiger partial charge in [0.15, 0.2) is 0 Å². The molecule has 2 aromatic rings. The topological polar surface area (TPSA) is 29.5 Å². The molecule has 2 aromatic carbocycles. The summed E-state index contributed by atoms with van der Waals surface area (Å²) in [6, 6.07) is 15.5. The Kier molecular flexibility index (Phi) is 4.13. The molecule has 4 heteroatoms. The second-order valence-electron chi connectivity index (χ2n) is 3.95. The van der Waals surface area contributed by atoms with Crippen molar-refractivity contribution in [2.24, 2.45) is 0 Å². The molecule has 0 bridgehead atoms. The molecule has 0 N–H and O–H groups in total. The fourth-order valence-corrected chi connectivity index (χ4v) is 1.79. The summed E-state index contributed by atoms with van der Waals surface area (Å²) in [5.41, 5.74) is 1.08. The van der Waals surface area contributed by atoms with Crippen LogP contribution in [0.15, 0.2) is 54.6 Å². The van der Waals surface area contributed by atoms with E-state index in [4.69, 9.17) is 0 Å². The standard InChI is InChI=1S/C15H14FNO2/c1-19-15(18)11-17(12-7-3-2-4-8-12)14-10-6-5-9-13(14)16/h2-10H,11H2,1H3. The number of anilines is 2. The maximum atomic E-state index is 13.9. The minimum Gasteiger partial charge on any atom is -0.468 e. The molecule has 0 fully saturated rings. The zero-order valence-corrected chi connectivity index (χ0v) is 10.5. The lowest BCUT2D eigenvalue weighted by Crippen LogP contribution is -2.26. The summed E-state index contributed by atoms with van der Waals surface area (Å²) in [4.78, 5) is 13.1. The minimum atomic E-state index is -0.424. The van der Waals surface area contributed by atoms with Crippen LogP contribution in [0.5, 0.6) is 0 Å². The van der Waals surface area contributed by atoms with Crippen LogP contribution in [0.25, 0.3) is 0 Å². The highest BCUT2D eigenvalue weighted by atomic mass is 19.1. The van der Waals surface area contributed by atoms with Gasteiger partial charge in [-0.2, -0.15) is 0 Å². The average Bonchev–Trinajstić information content (AvgIpc) is 2.46. The van der Waals surface area contributed by atoms with E-state index in [1.807, 2.05) is 30.3 Å². The summed E-state index contributed by atoms with van der Waals surface area (Å²) in [6.07, 6.45) is 0. The van der Waals surface area contributed by atoms with Crippen molar-refractivity contribution in [1.29, 1.82) is 0 Å². The molecule has 0 saturated heterocycles. The molecule has 0 heterocycles. The molecule has 2 rings (SSSR count). The number of carbonyl (C=O) groups excluding carboxylic acids is 1. The zero-order chi connectivity index (χ0) is 13.7. The van der Waals surface area contributed by atoms with Gasteiger partial charge in [-0.05, 0) is 24.3 Å². The number of methoxy groups -OCH3 is 1. The Labute approximate surface area is 111 Å². The molecular formula is C15H14FNO2. The normalized spacial score (nSPS) is 10.0. The smallest absolute Gasteiger partial charge is 0.325 e. The maximum absolute atomic E-state index is 13.9. The van der Waals surface area contributed by atoms with E-state index >= 15 is 0 Å². The highest BCUT2D eigenvalue weighted by molar-refractivity contribution is 5.80. The first-order valence-electron chi connectivity index (χ1n) is 5.86. The number of nitrogens with zero attached hydrogens (tertiary/aromatic N) is 1. The Balaban J connectivity index is 2.40. The highest BCUT2D eigenvalue weighted by Gasteiger charge is 2.16. The molecule has 0 spiro atoms. The van der Waals surface area contributed by atoms with Gasteiger partial charge in [0, 0.05) is 5.69 Å².